The van der Waals surface area contributed by atoms with Gasteiger partial charge in [0.25, 0.3) is 11.8 Å². The molecule has 29 heavy (non-hydrogen) atoms. The standard InChI is InChI=1S/C24H25N3O2/c1-3-19-12-7-9-17(2)22(19)27-24(29)21-14-8-13-20(26-21)23(28)25-16-15-18-10-5-4-6-11-18/h4-14H,3,15-16H2,1-2H3,(H,25,28)(H,27,29). The molecule has 1 aromatic heterocycles. The van der Waals surface area contributed by atoms with E-state index >= 15 is 0 Å². The summed E-state index contributed by atoms with van der Waals surface area (Å²) in [5, 5.41) is 5.80. The lowest BCUT2D eigenvalue weighted by Gasteiger charge is -2.13. The Labute approximate surface area is 171 Å². The minimum atomic E-state index is -0.326. The van der Waals surface area contributed by atoms with Gasteiger partial charge in [0.15, 0.2) is 0 Å². The lowest BCUT2D eigenvalue weighted by atomic mass is 10.1. The smallest absolute Gasteiger partial charge is 0.274 e. The average Bonchev–Trinajstić information content (AvgIpc) is 2.75. The number of nitrogens with zero attached hydrogens (tertiary/aromatic N) is 1. The zero-order chi connectivity index (χ0) is 20.6. The van der Waals surface area contributed by atoms with E-state index in [1.54, 1.807) is 18.2 Å². The third kappa shape index (κ3) is 5.29. The SMILES string of the molecule is CCc1cccc(C)c1NC(=O)c1cccc(C(=O)NCCc2ccccc2)n1. The van der Waals surface area contributed by atoms with Crippen molar-refractivity contribution in [3.8, 4) is 0 Å². The highest BCUT2D eigenvalue weighted by Gasteiger charge is 2.14. The normalized spacial score (nSPS) is 10.4. The number of rotatable bonds is 7. The van der Waals surface area contributed by atoms with E-state index in [-0.39, 0.29) is 23.2 Å². The average molecular weight is 387 g/mol. The highest BCUT2D eigenvalue weighted by Crippen LogP contribution is 2.21. The fourth-order valence-electron chi connectivity index (χ4n) is 3.12. The summed E-state index contributed by atoms with van der Waals surface area (Å²) in [5.74, 6) is -0.617. The van der Waals surface area contributed by atoms with Crippen LogP contribution >= 0.6 is 0 Å². The highest BCUT2D eigenvalue weighted by atomic mass is 16.2. The summed E-state index contributed by atoms with van der Waals surface area (Å²) < 4.78 is 0. The number of amides is 2. The maximum absolute atomic E-state index is 12.7. The Bertz CT molecular complexity index is 1000. The predicted molar refractivity (Wildman–Crippen MR) is 115 cm³/mol. The number of aromatic nitrogens is 1. The number of hydrogen-bond acceptors (Lipinski definition) is 3. The van der Waals surface area contributed by atoms with Crippen LogP contribution in [0.15, 0.2) is 66.7 Å². The van der Waals surface area contributed by atoms with E-state index in [1.807, 2.05) is 62.4 Å². The van der Waals surface area contributed by atoms with Crippen molar-refractivity contribution in [1.82, 2.24) is 10.3 Å². The molecule has 0 unspecified atom stereocenters. The summed E-state index contributed by atoms with van der Waals surface area (Å²) >= 11 is 0. The van der Waals surface area contributed by atoms with E-state index < -0.39 is 0 Å². The molecule has 1 heterocycles. The van der Waals surface area contributed by atoms with Crippen LogP contribution < -0.4 is 10.6 Å². The fourth-order valence-corrected chi connectivity index (χ4v) is 3.12. The largest absolute Gasteiger partial charge is 0.350 e. The minimum Gasteiger partial charge on any atom is -0.350 e. The summed E-state index contributed by atoms with van der Waals surface area (Å²) in [7, 11) is 0. The molecule has 2 aromatic carbocycles. The molecule has 5 nitrogen and oxygen atoms in total. The van der Waals surface area contributed by atoms with Crippen molar-refractivity contribution in [1.29, 1.82) is 0 Å². The van der Waals surface area contributed by atoms with Crippen LogP contribution in [0.1, 0.15) is 44.6 Å². The third-order valence-corrected chi connectivity index (χ3v) is 4.73. The Morgan fingerprint density at radius 1 is 0.862 bits per heavy atom. The van der Waals surface area contributed by atoms with Crippen molar-refractivity contribution in [3.05, 3.63) is 94.8 Å². The van der Waals surface area contributed by atoms with Gasteiger partial charge < -0.3 is 10.6 Å². The first-order valence-corrected chi connectivity index (χ1v) is 9.77. The molecule has 0 aliphatic carbocycles. The first-order valence-electron chi connectivity index (χ1n) is 9.77. The van der Waals surface area contributed by atoms with Gasteiger partial charge >= 0.3 is 0 Å². The van der Waals surface area contributed by atoms with Gasteiger partial charge in [0, 0.05) is 12.2 Å². The second-order valence-electron chi connectivity index (χ2n) is 6.82. The molecule has 0 radical (unpaired) electrons. The van der Waals surface area contributed by atoms with E-state index in [0.29, 0.717) is 6.54 Å². The molecule has 0 aliphatic rings. The quantitative estimate of drug-likeness (QED) is 0.639. The number of anilines is 1. The zero-order valence-electron chi connectivity index (χ0n) is 16.7. The molecule has 0 spiro atoms. The number of carbonyl (C=O) groups is 2. The molecule has 2 amide bonds. The number of aryl methyl sites for hydroxylation is 2. The third-order valence-electron chi connectivity index (χ3n) is 4.73. The lowest BCUT2D eigenvalue weighted by molar-refractivity contribution is 0.0949. The van der Waals surface area contributed by atoms with Gasteiger partial charge in [-0.25, -0.2) is 4.98 Å². The van der Waals surface area contributed by atoms with E-state index in [1.165, 1.54) is 0 Å². The number of pyridine rings is 1. The first-order chi connectivity index (χ1) is 14.1. The van der Waals surface area contributed by atoms with Gasteiger partial charge in [-0.15, -0.1) is 0 Å². The molecule has 0 saturated carbocycles. The van der Waals surface area contributed by atoms with Crippen LogP contribution in [-0.2, 0) is 12.8 Å². The highest BCUT2D eigenvalue weighted by molar-refractivity contribution is 6.04. The summed E-state index contributed by atoms with van der Waals surface area (Å²) in [4.78, 5) is 29.4. The molecular weight excluding hydrogens is 362 g/mol. The number of carbonyl (C=O) groups excluding carboxylic acids is 2. The fraction of sp³-hybridized carbons (Fsp3) is 0.208. The van der Waals surface area contributed by atoms with Crippen molar-refractivity contribution in [2.45, 2.75) is 26.7 Å². The maximum atomic E-state index is 12.7. The summed E-state index contributed by atoms with van der Waals surface area (Å²) in [6, 6.07) is 20.8. The summed E-state index contributed by atoms with van der Waals surface area (Å²) in [5.41, 5.74) is 4.45. The molecule has 0 aliphatic heterocycles. The minimum absolute atomic E-state index is 0.214. The van der Waals surface area contributed by atoms with Gasteiger partial charge in [0.2, 0.25) is 0 Å². The molecule has 5 heteroatoms. The molecule has 148 valence electrons. The van der Waals surface area contributed by atoms with E-state index in [9.17, 15) is 9.59 Å². The second kappa shape index (κ2) is 9.64. The van der Waals surface area contributed by atoms with Gasteiger partial charge in [-0.2, -0.15) is 0 Å². The zero-order valence-corrected chi connectivity index (χ0v) is 16.7. The molecule has 0 fully saturated rings. The monoisotopic (exact) mass is 387 g/mol. The molecule has 3 rings (SSSR count). The van der Waals surface area contributed by atoms with Gasteiger partial charge in [-0.3, -0.25) is 9.59 Å². The second-order valence-corrected chi connectivity index (χ2v) is 6.82. The van der Waals surface area contributed by atoms with Crippen molar-refractivity contribution >= 4 is 17.5 Å². The number of benzene rings is 2. The Morgan fingerprint density at radius 2 is 1.55 bits per heavy atom. The van der Waals surface area contributed by atoms with E-state index in [2.05, 4.69) is 15.6 Å². The first kappa shape index (κ1) is 20.3. The molecule has 0 atom stereocenters. The van der Waals surface area contributed by atoms with Gasteiger partial charge in [0.05, 0.1) is 0 Å². The lowest BCUT2D eigenvalue weighted by Crippen LogP contribution is -2.27. The molecule has 2 N–H and O–H groups in total. The van der Waals surface area contributed by atoms with Crippen LogP contribution in [0.2, 0.25) is 0 Å². The number of nitrogens with one attached hydrogen (secondary N) is 2. The number of para-hydroxylation sites is 1. The number of hydrogen-bond donors (Lipinski definition) is 2. The molecule has 0 bridgehead atoms. The molecule has 0 saturated heterocycles. The van der Waals surface area contributed by atoms with Crippen LogP contribution in [-0.4, -0.2) is 23.3 Å². The van der Waals surface area contributed by atoms with E-state index in [0.717, 1.165) is 35.2 Å². The van der Waals surface area contributed by atoms with Gasteiger partial charge in [0.1, 0.15) is 11.4 Å². The van der Waals surface area contributed by atoms with Crippen LogP contribution in [0.3, 0.4) is 0 Å². The van der Waals surface area contributed by atoms with Crippen LogP contribution in [0, 0.1) is 6.92 Å². The van der Waals surface area contributed by atoms with E-state index in [4.69, 9.17) is 0 Å². The topological polar surface area (TPSA) is 71.1 Å². The van der Waals surface area contributed by atoms with Crippen LogP contribution in [0.4, 0.5) is 5.69 Å². The predicted octanol–water partition coefficient (Wildman–Crippen LogP) is 4.18. The van der Waals surface area contributed by atoms with Crippen molar-refractivity contribution in [3.63, 3.8) is 0 Å². The molecular formula is C24H25N3O2. The van der Waals surface area contributed by atoms with Crippen LogP contribution in [0.25, 0.3) is 0 Å². The Hall–Kier alpha value is -3.47. The Morgan fingerprint density at radius 3 is 2.28 bits per heavy atom. The van der Waals surface area contributed by atoms with Crippen molar-refractivity contribution < 1.29 is 9.59 Å². The molecule has 3 aromatic rings. The van der Waals surface area contributed by atoms with Gasteiger partial charge in [-0.1, -0.05) is 61.5 Å². The summed E-state index contributed by atoms with van der Waals surface area (Å²) in [6.45, 7) is 4.51. The van der Waals surface area contributed by atoms with Crippen molar-refractivity contribution in [2.24, 2.45) is 0 Å². The Balaban J connectivity index is 1.65. The Kier molecular flexibility index (Phi) is 6.74. The summed E-state index contributed by atoms with van der Waals surface area (Å²) in [6.07, 6.45) is 1.55. The van der Waals surface area contributed by atoms with Crippen LogP contribution in [0.5, 0.6) is 0 Å². The van der Waals surface area contributed by atoms with Crippen molar-refractivity contribution in [2.75, 3.05) is 11.9 Å². The maximum Gasteiger partial charge on any atom is 0.274 e. The van der Waals surface area contributed by atoms with Gasteiger partial charge in [-0.05, 0) is 48.6 Å².